The molecule has 0 radical (unpaired) electrons. The number of halogens is 2. The number of hydrogen-bond donors (Lipinski definition) is 0. The Labute approximate surface area is 163 Å². The van der Waals surface area contributed by atoms with E-state index in [2.05, 4.69) is 36.8 Å². The number of benzene rings is 1. The van der Waals surface area contributed by atoms with Gasteiger partial charge in [0, 0.05) is 35.5 Å². The first-order valence-electron chi connectivity index (χ1n) is 7.89. The second-order valence-electron chi connectivity index (χ2n) is 6.00. The molecule has 5 nitrogen and oxygen atoms in total. The molecule has 4 rings (SSSR count). The first kappa shape index (κ1) is 17.2. The van der Waals surface area contributed by atoms with Gasteiger partial charge in [-0.2, -0.15) is 4.31 Å². The Morgan fingerprint density at radius 2 is 1.68 bits per heavy atom. The molecular formula is C17H15Br2N3O2S. The summed E-state index contributed by atoms with van der Waals surface area (Å²) >= 11 is 6.97. The minimum atomic E-state index is -3.38. The van der Waals surface area contributed by atoms with Crippen molar-refractivity contribution in [3.05, 3.63) is 51.7 Å². The molecule has 0 amide bonds. The van der Waals surface area contributed by atoms with Crippen LogP contribution in [0.5, 0.6) is 0 Å². The molecule has 0 spiro atoms. The smallest absolute Gasteiger partial charge is 0.243 e. The van der Waals surface area contributed by atoms with Crippen molar-refractivity contribution in [3.8, 4) is 11.3 Å². The van der Waals surface area contributed by atoms with Gasteiger partial charge in [0.15, 0.2) is 5.65 Å². The maximum atomic E-state index is 12.6. The highest BCUT2D eigenvalue weighted by Gasteiger charge is 2.27. The predicted molar refractivity (Wildman–Crippen MR) is 104 cm³/mol. The minimum absolute atomic E-state index is 0.339. The Kier molecular flexibility index (Phi) is 4.47. The monoisotopic (exact) mass is 483 g/mol. The molecule has 3 aromatic rings. The topological polar surface area (TPSA) is 54.7 Å². The van der Waals surface area contributed by atoms with Gasteiger partial charge in [-0.05, 0) is 62.9 Å². The van der Waals surface area contributed by atoms with Crippen LogP contribution in [0.15, 0.2) is 56.6 Å². The van der Waals surface area contributed by atoms with Gasteiger partial charge in [0.05, 0.1) is 15.1 Å². The number of nitrogens with zero attached hydrogens (tertiary/aromatic N) is 3. The summed E-state index contributed by atoms with van der Waals surface area (Å²) in [5.74, 6) is 0. The summed E-state index contributed by atoms with van der Waals surface area (Å²) in [5.41, 5.74) is 2.49. The lowest BCUT2D eigenvalue weighted by molar-refractivity contribution is 0.477. The fourth-order valence-corrected chi connectivity index (χ4v) is 5.85. The van der Waals surface area contributed by atoms with Crippen LogP contribution in [0.2, 0.25) is 0 Å². The molecule has 0 unspecified atom stereocenters. The van der Waals surface area contributed by atoms with Crippen molar-refractivity contribution in [2.45, 2.75) is 17.7 Å². The van der Waals surface area contributed by atoms with E-state index in [0.29, 0.717) is 18.0 Å². The molecule has 130 valence electrons. The SMILES string of the molecule is O=S(=O)(c1ccc(-c2cn3cc(Br)cc(Br)c3n2)cc1)N1CCCC1. The third-order valence-corrected chi connectivity index (χ3v) is 7.26. The highest BCUT2D eigenvalue weighted by Crippen LogP contribution is 2.28. The van der Waals surface area contributed by atoms with E-state index in [9.17, 15) is 8.42 Å². The van der Waals surface area contributed by atoms with Crippen LogP contribution in [0.4, 0.5) is 0 Å². The average Bonchev–Trinajstić information content (AvgIpc) is 3.25. The highest BCUT2D eigenvalue weighted by atomic mass is 79.9. The summed E-state index contributed by atoms with van der Waals surface area (Å²) < 4.78 is 30.5. The van der Waals surface area contributed by atoms with Gasteiger partial charge < -0.3 is 4.40 Å². The fourth-order valence-electron chi connectivity index (χ4n) is 3.04. The van der Waals surface area contributed by atoms with E-state index >= 15 is 0 Å². The number of imidazole rings is 1. The van der Waals surface area contributed by atoms with Gasteiger partial charge in [-0.25, -0.2) is 13.4 Å². The maximum Gasteiger partial charge on any atom is 0.243 e. The summed E-state index contributed by atoms with van der Waals surface area (Å²) in [6.07, 6.45) is 5.73. The molecule has 1 aliphatic heterocycles. The number of sulfonamides is 1. The third-order valence-electron chi connectivity index (χ3n) is 4.33. The van der Waals surface area contributed by atoms with Crippen molar-refractivity contribution in [1.82, 2.24) is 13.7 Å². The molecule has 8 heteroatoms. The molecule has 0 bridgehead atoms. The van der Waals surface area contributed by atoms with Gasteiger partial charge in [0.2, 0.25) is 10.0 Å². The van der Waals surface area contributed by atoms with Crippen molar-refractivity contribution in [2.75, 3.05) is 13.1 Å². The zero-order valence-electron chi connectivity index (χ0n) is 13.2. The van der Waals surface area contributed by atoms with E-state index in [1.807, 2.05) is 35.0 Å². The summed E-state index contributed by atoms with van der Waals surface area (Å²) in [6, 6.07) is 8.90. The van der Waals surface area contributed by atoms with Crippen molar-refractivity contribution >= 4 is 47.5 Å². The quantitative estimate of drug-likeness (QED) is 0.556. The summed E-state index contributed by atoms with van der Waals surface area (Å²) in [6.45, 7) is 1.22. The molecule has 0 saturated carbocycles. The van der Waals surface area contributed by atoms with Crippen LogP contribution in [-0.2, 0) is 10.0 Å². The van der Waals surface area contributed by atoms with Gasteiger partial charge in [0.1, 0.15) is 0 Å². The highest BCUT2D eigenvalue weighted by molar-refractivity contribution is 9.11. The first-order valence-corrected chi connectivity index (χ1v) is 10.9. The van der Waals surface area contributed by atoms with E-state index < -0.39 is 10.0 Å². The summed E-state index contributed by atoms with van der Waals surface area (Å²) in [4.78, 5) is 4.97. The number of aromatic nitrogens is 2. The number of rotatable bonds is 3. The lowest BCUT2D eigenvalue weighted by atomic mass is 10.2. The van der Waals surface area contributed by atoms with Crippen LogP contribution < -0.4 is 0 Å². The Morgan fingerprint density at radius 1 is 1.00 bits per heavy atom. The van der Waals surface area contributed by atoms with Crippen LogP contribution in [0.3, 0.4) is 0 Å². The van der Waals surface area contributed by atoms with Crippen LogP contribution in [-0.4, -0.2) is 35.2 Å². The third kappa shape index (κ3) is 3.16. The van der Waals surface area contributed by atoms with Gasteiger partial charge in [-0.15, -0.1) is 0 Å². The Morgan fingerprint density at radius 3 is 2.36 bits per heavy atom. The van der Waals surface area contributed by atoms with Crippen LogP contribution in [0.1, 0.15) is 12.8 Å². The first-order chi connectivity index (χ1) is 11.9. The average molecular weight is 485 g/mol. The fraction of sp³-hybridized carbons (Fsp3) is 0.235. The Hall–Kier alpha value is -1.22. The van der Waals surface area contributed by atoms with E-state index in [1.165, 1.54) is 0 Å². The van der Waals surface area contributed by atoms with Crippen molar-refractivity contribution in [3.63, 3.8) is 0 Å². The Bertz CT molecular complexity index is 1040. The molecule has 0 aliphatic carbocycles. The van der Waals surface area contributed by atoms with E-state index in [-0.39, 0.29) is 0 Å². The van der Waals surface area contributed by atoms with Crippen LogP contribution in [0.25, 0.3) is 16.9 Å². The molecule has 1 aromatic carbocycles. The minimum Gasteiger partial charge on any atom is -0.304 e. The molecule has 3 heterocycles. The van der Waals surface area contributed by atoms with E-state index in [0.717, 1.165) is 38.7 Å². The normalized spacial score (nSPS) is 15.9. The van der Waals surface area contributed by atoms with Crippen LogP contribution >= 0.6 is 31.9 Å². The van der Waals surface area contributed by atoms with E-state index in [1.54, 1.807) is 16.4 Å². The zero-order chi connectivity index (χ0) is 17.6. The van der Waals surface area contributed by atoms with Crippen molar-refractivity contribution in [2.24, 2.45) is 0 Å². The summed E-state index contributed by atoms with van der Waals surface area (Å²) in [7, 11) is -3.38. The molecule has 25 heavy (non-hydrogen) atoms. The largest absolute Gasteiger partial charge is 0.304 e. The van der Waals surface area contributed by atoms with Gasteiger partial charge in [0.25, 0.3) is 0 Å². The summed E-state index contributed by atoms with van der Waals surface area (Å²) in [5, 5.41) is 0. The standard InChI is InChI=1S/C17H15Br2N3O2S/c18-13-9-15(19)17-20-16(11-21(17)10-13)12-3-5-14(6-4-12)25(23,24)22-7-1-2-8-22/h3-6,9-11H,1-2,7-8H2. The molecule has 0 N–H and O–H groups in total. The second kappa shape index (κ2) is 6.50. The van der Waals surface area contributed by atoms with Gasteiger partial charge in [-0.3, -0.25) is 0 Å². The molecular weight excluding hydrogens is 470 g/mol. The van der Waals surface area contributed by atoms with Crippen molar-refractivity contribution < 1.29 is 8.42 Å². The molecule has 1 aliphatic rings. The Balaban J connectivity index is 1.70. The maximum absolute atomic E-state index is 12.6. The molecule has 2 aromatic heterocycles. The molecule has 1 fully saturated rings. The zero-order valence-corrected chi connectivity index (χ0v) is 17.2. The number of hydrogen-bond acceptors (Lipinski definition) is 3. The van der Waals surface area contributed by atoms with Crippen LogP contribution in [0, 0.1) is 0 Å². The molecule has 0 atom stereocenters. The molecule has 1 saturated heterocycles. The number of pyridine rings is 1. The second-order valence-corrected chi connectivity index (χ2v) is 9.71. The van der Waals surface area contributed by atoms with Gasteiger partial charge >= 0.3 is 0 Å². The lowest BCUT2D eigenvalue weighted by Gasteiger charge is -2.15. The number of fused-ring (bicyclic) bond motifs is 1. The van der Waals surface area contributed by atoms with Crippen molar-refractivity contribution in [1.29, 1.82) is 0 Å². The lowest BCUT2D eigenvalue weighted by Crippen LogP contribution is -2.27. The van der Waals surface area contributed by atoms with Gasteiger partial charge in [-0.1, -0.05) is 12.1 Å². The van der Waals surface area contributed by atoms with E-state index in [4.69, 9.17) is 0 Å². The predicted octanol–water partition coefficient (Wildman–Crippen LogP) is 4.31.